The minimum Gasteiger partial charge on any atom is -0.493 e. The van der Waals surface area contributed by atoms with Crippen LogP contribution >= 0.6 is 0 Å². The molecule has 2 aromatic rings. The molecule has 0 amide bonds. The van der Waals surface area contributed by atoms with Crippen LogP contribution in [0.3, 0.4) is 0 Å². The van der Waals surface area contributed by atoms with Gasteiger partial charge in [-0.15, -0.1) is 0 Å². The van der Waals surface area contributed by atoms with Crippen molar-refractivity contribution in [3.8, 4) is 11.4 Å². The molecule has 1 saturated heterocycles. The second kappa shape index (κ2) is 6.00. The standard InChI is InChI=1S/C19H25N3O/c1-14(2)21-10-6-15(7-11-21)19-20-9-12-22(19)17-4-3-5-18-16(17)8-13-23-18/h3-5,9,12,14-15H,6-8,10-11,13H2,1-2H3. The third-order valence-corrected chi connectivity index (χ3v) is 5.27. The molecular weight excluding hydrogens is 286 g/mol. The molecule has 0 atom stereocenters. The number of ether oxygens (including phenoxy) is 1. The summed E-state index contributed by atoms with van der Waals surface area (Å²) in [5.74, 6) is 2.81. The number of imidazole rings is 1. The zero-order chi connectivity index (χ0) is 15.8. The topological polar surface area (TPSA) is 30.3 Å². The Morgan fingerprint density at radius 3 is 2.83 bits per heavy atom. The molecule has 0 N–H and O–H groups in total. The lowest BCUT2D eigenvalue weighted by atomic mass is 9.95. The molecule has 23 heavy (non-hydrogen) atoms. The van der Waals surface area contributed by atoms with Gasteiger partial charge in [0, 0.05) is 36.3 Å². The molecule has 0 radical (unpaired) electrons. The van der Waals surface area contributed by atoms with Crippen molar-refractivity contribution < 1.29 is 4.74 Å². The van der Waals surface area contributed by atoms with E-state index >= 15 is 0 Å². The summed E-state index contributed by atoms with van der Waals surface area (Å²) in [5.41, 5.74) is 2.57. The first-order valence-electron chi connectivity index (χ1n) is 8.76. The van der Waals surface area contributed by atoms with E-state index in [1.807, 2.05) is 6.20 Å². The lowest BCUT2D eigenvalue weighted by molar-refractivity contribution is 0.169. The van der Waals surface area contributed by atoms with E-state index in [1.54, 1.807) is 0 Å². The third kappa shape index (κ3) is 2.65. The second-order valence-corrected chi connectivity index (χ2v) is 6.91. The number of fused-ring (bicyclic) bond motifs is 1. The fourth-order valence-corrected chi connectivity index (χ4v) is 3.92. The summed E-state index contributed by atoms with van der Waals surface area (Å²) < 4.78 is 8.02. The van der Waals surface area contributed by atoms with Gasteiger partial charge in [-0.05, 0) is 51.9 Å². The SMILES string of the molecule is CC(C)N1CCC(c2nccn2-c2cccc3c2CCO3)CC1. The van der Waals surface area contributed by atoms with Crippen molar-refractivity contribution in [1.82, 2.24) is 14.5 Å². The van der Waals surface area contributed by atoms with Gasteiger partial charge in [0.25, 0.3) is 0 Å². The molecule has 3 heterocycles. The number of benzene rings is 1. The van der Waals surface area contributed by atoms with Crippen molar-refractivity contribution in [2.75, 3.05) is 19.7 Å². The van der Waals surface area contributed by atoms with E-state index in [4.69, 9.17) is 9.72 Å². The maximum atomic E-state index is 5.72. The zero-order valence-electron chi connectivity index (χ0n) is 14.0. The maximum absolute atomic E-state index is 5.72. The first-order valence-corrected chi connectivity index (χ1v) is 8.76. The van der Waals surface area contributed by atoms with Gasteiger partial charge in [0.15, 0.2) is 0 Å². The Morgan fingerprint density at radius 1 is 1.22 bits per heavy atom. The average Bonchev–Trinajstić information content (AvgIpc) is 3.23. The molecule has 4 heteroatoms. The molecule has 1 aromatic heterocycles. The quantitative estimate of drug-likeness (QED) is 0.870. The largest absolute Gasteiger partial charge is 0.493 e. The van der Waals surface area contributed by atoms with Crippen molar-refractivity contribution in [1.29, 1.82) is 0 Å². The average molecular weight is 311 g/mol. The van der Waals surface area contributed by atoms with Gasteiger partial charge in [0.05, 0.1) is 12.3 Å². The van der Waals surface area contributed by atoms with Crippen LogP contribution in [0.15, 0.2) is 30.6 Å². The van der Waals surface area contributed by atoms with E-state index in [9.17, 15) is 0 Å². The smallest absolute Gasteiger partial charge is 0.124 e. The summed E-state index contributed by atoms with van der Waals surface area (Å²) in [6.45, 7) is 7.71. The number of rotatable bonds is 3. The van der Waals surface area contributed by atoms with Gasteiger partial charge in [-0.2, -0.15) is 0 Å². The predicted octanol–water partition coefficient (Wildman–Crippen LogP) is 3.40. The number of hydrogen-bond acceptors (Lipinski definition) is 3. The lowest BCUT2D eigenvalue weighted by Gasteiger charge is -2.34. The molecule has 0 bridgehead atoms. The van der Waals surface area contributed by atoms with Crippen LogP contribution in [-0.2, 0) is 6.42 Å². The van der Waals surface area contributed by atoms with Crippen molar-refractivity contribution in [2.45, 2.75) is 45.1 Å². The number of aromatic nitrogens is 2. The van der Waals surface area contributed by atoms with Crippen LogP contribution in [0.25, 0.3) is 5.69 Å². The van der Waals surface area contributed by atoms with Gasteiger partial charge in [0.2, 0.25) is 0 Å². The highest BCUT2D eigenvalue weighted by atomic mass is 16.5. The summed E-state index contributed by atoms with van der Waals surface area (Å²) in [6.07, 6.45) is 7.44. The van der Waals surface area contributed by atoms with E-state index in [0.717, 1.165) is 18.8 Å². The Kier molecular flexibility index (Phi) is 3.85. The predicted molar refractivity (Wildman–Crippen MR) is 91.4 cm³/mol. The van der Waals surface area contributed by atoms with Gasteiger partial charge in [-0.1, -0.05) is 6.07 Å². The number of likely N-dealkylation sites (tertiary alicyclic amines) is 1. The monoisotopic (exact) mass is 311 g/mol. The number of hydrogen-bond donors (Lipinski definition) is 0. The Balaban J connectivity index is 1.62. The fourth-order valence-electron chi connectivity index (χ4n) is 3.92. The number of piperidine rings is 1. The molecule has 2 aliphatic heterocycles. The van der Waals surface area contributed by atoms with Gasteiger partial charge in [0.1, 0.15) is 11.6 Å². The molecule has 0 saturated carbocycles. The van der Waals surface area contributed by atoms with Crippen LogP contribution in [-0.4, -0.2) is 40.2 Å². The maximum Gasteiger partial charge on any atom is 0.124 e. The van der Waals surface area contributed by atoms with E-state index in [1.165, 1.54) is 43.0 Å². The fraction of sp³-hybridized carbons (Fsp3) is 0.526. The zero-order valence-corrected chi connectivity index (χ0v) is 14.0. The Morgan fingerprint density at radius 2 is 2.04 bits per heavy atom. The van der Waals surface area contributed by atoms with Crippen LogP contribution in [0.1, 0.15) is 44.0 Å². The summed E-state index contributed by atoms with van der Waals surface area (Å²) in [5, 5.41) is 0. The summed E-state index contributed by atoms with van der Waals surface area (Å²) in [6, 6.07) is 7.00. The normalized spacial score (nSPS) is 19.1. The summed E-state index contributed by atoms with van der Waals surface area (Å²) in [7, 11) is 0. The van der Waals surface area contributed by atoms with Crippen molar-refractivity contribution in [2.24, 2.45) is 0 Å². The number of nitrogens with zero attached hydrogens (tertiary/aromatic N) is 3. The molecule has 1 fully saturated rings. The van der Waals surface area contributed by atoms with E-state index in [0.29, 0.717) is 12.0 Å². The molecule has 0 spiro atoms. The molecule has 0 aliphatic carbocycles. The Labute approximate surface area is 138 Å². The van der Waals surface area contributed by atoms with Crippen LogP contribution in [0, 0.1) is 0 Å². The molecule has 1 aromatic carbocycles. The minimum absolute atomic E-state index is 0.554. The van der Waals surface area contributed by atoms with E-state index < -0.39 is 0 Å². The van der Waals surface area contributed by atoms with Crippen LogP contribution < -0.4 is 4.74 Å². The van der Waals surface area contributed by atoms with Gasteiger partial charge < -0.3 is 14.2 Å². The molecule has 4 nitrogen and oxygen atoms in total. The molecule has 2 aliphatic rings. The summed E-state index contributed by atoms with van der Waals surface area (Å²) in [4.78, 5) is 7.28. The molecule has 4 rings (SSSR count). The van der Waals surface area contributed by atoms with E-state index in [2.05, 4.69) is 47.7 Å². The highest BCUT2D eigenvalue weighted by Gasteiger charge is 2.26. The first-order chi connectivity index (χ1) is 11.2. The second-order valence-electron chi connectivity index (χ2n) is 6.91. The van der Waals surface area contributed by atoms with Crippen molar-refractivity contribution >= 4 is 0 Å². The van der Waals surface area contributed by atoms with Crippen LogP contribution in [0.5, 0.6) is 5.75 Å². The van der Waals surface area contributed by atoms with Crippen molar-refractivity contribution in [3.63, 3.8) is 0 Å². The highest BCUT2D eigenvalue weighted by molar-refractivity contribution is 5.52. The molecule has 0 unspecified atom stereocenters. The van der Waals surface area contributed by atoms with Gasteiger partial charge in [-0.3, -0.25) is 0 Å². The van der Waals surface area contributed by atoms with Gasteiger partial charge >= 0.3 is 0 Å². The van der Waals surface area contributed by atoms with Gasteiger partial charge in [-0.25, -0.2) is 4.98 Å². The van der Waals surface area contributed by atoms with E-state index in [-0.39, 0.29) is 0 Å². The summed E-state index contributed by atoms with van der Waals surface area (Å²) >= 11 is 0. The van der Waals surface area contributed by atoms with Crippen molar-refractivity contribution in [3.05, 3.63) is 42.0 Å². The first kappa shape index (κ1) is 14.8. The molecular formula is C19H25N3O. The third-order valence-electron chi connectivity index (χ3n) is 5.27. The Bertz CT molecular complexity index is 684. The van der Waals surface area contributed by atoms with Crippen LogP contribution in [0.4, 0.5) is 0 Å². The lowest BCUT2D eigenvalue weighted by Crippen LogP contribution is -2.38. The Hall–Kier alpha value is -1.81. The van der Waals surface area contributed by atoms with Crippen LogP contribution in [0.2, 0.25) is 0 Å². The molecule has 122 valence electrons. The highest BCUT2D eigenvalue weighted by Crippen LogP contribution is 2.34. The minimum atomic E-state index is 0.554.